The minimum Gasteiger partial charge on any atom is -0.379 e. The van der Waals surface area contributed by atoms with Crippen molar-refractivity contribution in [2.45, 2.75) is 45.6 Å². The van der Waals surface area contributed by atoms with Crippen LogP contribution in [-0.2, 0) is 0 Å². The van der Waals surface area contributed by atoms with E-state index in [-0.39, 0.29) is 0 Å². The summed E-state index contributed by atoms with van der Waals surface area (Å²) in [6, 6.07) is 2.16. The van der Waals surface area contributed by atoms with E-state index < -0.39 is 0 Å². The van der Waals surface area contributed by atoms with Crippen LogP contribution in [0.3, 0.4) is 0 Å². The predicted molar refractivity (Wildman–Crippen MR) is 84.7 cm³/mol. The summed E-state index contributed by atoms with van der Waals surface area (Å²) in [7, 11) is 0. The van der Waals surface area contributed by atoms with Crippen LogP contribution in [0.15, 0.2) is 6.07 Å². The highest BCUT2D eigenvalue weighted by atomic mass is 35.5. The largest absolute Gasteiger partial charge is 0.379 e. The zero-order valence-corrected chi connectivity index (χ0v) is 13.4. The normalized spacial score (nSPS) is 11.4. The lowest BCUT2D eigenvalue weighted by molar-refractivity contribution is 0.587. The molecule has 0 spiro atoms. The average molecular weight is 318 g/mol. The summed E-state index contributed by atoms with van der Waals surface area (Å²) in [4.78, 5) is 0. The number of fused-ring (bicyclic) bond motifs is 1. The molecule has 0 aliphatic rings. The molecule has 0 aliphatic carbocycles. The molecule has 19 heavy (non-hydrogen) atoms. The van der Waals surface area contributed by atoms with Crippen LogP contribution in [-0.4, -0.2) is 14.8 Å². The number of nitrogens with one attached hydrogen (secondary N) is 1. The van der Waals surface area contributed by atoms with E-state index in [1.54, 1.807) is 6.07 Å². The third-order valence-electron chi connectivity index (χ3n) is 3.07. The standard InChI is InChI=1S/C13H17Cl2N3S/c1-3-5-8(6-4-2)16-11-9(14)7-10(15)12-13(11)18-19-17-12/h7-8,16H,3-6H2,1-2H3. The molecule has 6 heteroatoms. The van der Waals surface area contributed by atoms with Crippen molar-refractivity contribution in [1.82, 2.24) is 8.75 Å². The van der Waals surface area contributed by atoms with Gasteiger partial charge in [0.2, 0.25) is 0 Å². The minimum atomic E-state index is 0.415. The molecule has 3 nitrogen and oxygen atoms in total. The number of aromatic nitrogens is 2. The summed E-state index contributed by atoms with van der Waals surface area (Å²) in [5, 5.41) is 4.69. The Morgan fingerprint density at radius 3 is 2.37 bits per heavy atom. The summed E-state index contributed by atoms with van der Waals surface area (Å²) in [5.41, 5.74) is 2.37. The van der Waals surface area contributed by atoms with Crippen molar-refractivity contribution >= 4 is 51.7 Å². The fourth-order valence-electron chi connectivity index (χ4n) is 2.20. The highest BCUT2D eigenvalue weighted by Gasteiger charge is 2.16. The first-order valence-corrected chi connectivity index (χ1v) is 8.02. The monoisotopic (exact) mass is 317 g/mol. The maximum absolute atomic E-state index is 6.30. The number of halogens is 2. The van der Waals surface area contributed by atoms with Gasteiger partial charge in [-0.05, 0) is 18.9 Å². The highest BCUT2D eigenvalue weighted by Crippen LogP contribution is 2.36. The van der Waals surface area contributed by atoms with Crippen LogP contribution < -0.4 is 5.32 Å². The Bertz CT molecular complexity index is 550. The van der Waals surface area contributed by atoms with E-state index in [4.69, 9.17) is 23.2 Å². The number of anilines is 1. The molecule has 0 amide bonds. The molecule has 2 rings (SSSR count). The quantitative estimate of drug-likeness (QED) is 0.777. The second-order valence-corrected chi connectivity index (χ2v) is 5.94. The molecule has 0 aliphatic heterocycles. The Morgan fingerprint density at radius 2 is 1.74 bits per heavy atom. The molecule has 0 saturated heterocycles. The van der Waals surface area contributed by atoms with Crippen LogP contribution in [0.2, 0.25) is 10.0 Å². The summed E-state index contributed by atoms with van der Waals surface area (Å²) < 4.78 is 8.53. The third-order valence-corrected chi connectivity index (χ3v) is 4.18. The Hall–Kier alpha value is -0.580. The molecule has 1 heterocycles. The molecular formula is C13H17Cl2N3S. The number of hydrogen-bond acceptors (Lipinski definition) is 4. The average Bonchev–Trinajstić information content (AvgIpc) is 2.84. The second kappa shape index (κ2) is 6.73. The first kappa shape index (κ1) is 14.8. The van der Waals surface area contributed by atoms with E-state index in [2.05, 4.69) is 27.9 Å². The first-order chi connectivity index (χ1) is 9.17. The molecule has 0 radical (unpaired) electrons. The number of rotatable bonds is 6. The van der Waals surface area contributed by atoms with Crippen LogP contribution in [0, 0.1) is 0 Å². The molecule has 0 bridgehead atoms. The van der Waals surface area contributed by atoms with E-state index in [0.29, 0.717) is 16.1 Å². The van der Waals surface area contributed by atoms with Crippen molar-refractivity contribution in [3.8, 4) is 0 Å². The summed E-state index contributed by atoms with van der Waals surface area (Å²) in [5.74, 6) is 0. The lowest BCUT2D eigenvalue weighted by Crippen LogP contribution is -2.19. The first-order valence-electron chi connectivity index (χ1n) is 6.54. The van der Waals surface area contributed by atoms with E-state index >= 15 is 0 Å². The molecule has 0 fully saturated rings. The van der Waals surface area contributed by atoms with Gasteiger partial charge in [0.15, 0.2) is 0 Å². The van der Waals surface area contributed by atoms with Gasteiger partial charge < -0.3 is 5.32 Å². The second-order valence-electron chi connectivity index (χ2n) is 4.60. The molecule has 0 unspecified atom stereocenters. The molecule has 0 atom stereocenters. The Kier molecular flexibility index (Phi) is 5.25. The van der Waals surface area contributed by atoms with E-state index in [0.717, 1.165) is 54.1 Å². The lowest BCUT2D eigenvalue weighted by atomic mass is 10.1. The van der Waals surface area contributed by atoms with Crippen molar-refractivity contribution in [3.05, 3.63) is 16.1 Å². The van der Waals surface area contributed by atoms with Crippen LogP contribution in [0.25, 0.3) is 11.0 Å². The zero-order valence-electron chi connectivity index (χ0n) is 11.0. The number of hydrogen-bond donors (Lipinski definition) is 1. The topological polar surface area (TPSA) is 37.8 Å². The summed E-state index contributed by atoms with van der Waals surface area (Å²) in [6.07, 6.45) is 4.51. The Balaban J connectivity index is 2.35. The molecule has 1 N–H and O–H groups in total. The van der Waals surface area contributed by atoms with Crippen molar-refractivity contribution in [2.75, 3.05) is 5.32 Å². The number of benzene rings is 1. The Morgan fingerprint density at radius 1 is 1.11 bits per heavy atom. The van der Waals surface area contributed by atoms with E-state index in [9.17, 15) is 0 Å². The molecule has 0 saturated carbocycles. The molecular weight excluding hydrogens is 301 g/mol. The fraction of sp³-hybridized carbons (Fsp3) is 0.538. The number of nitrogens with zero attached hydrogens (tertiary/aromatic N) is 2. The molecule has 104 valence electrons. The van der Waals surface area contributed by atoms with E-state index in [1.807, 2.05) is 0 Å². The van der Waals surface area contributed by atoms with Gasteiger partial charge in [0.25, 0.3) is 0 Å². The van der Waals surface area contributed by atoms with Crippen molar-refractivity contribution in [2.24, 2.45) is 0 Å². The molecule has 2 aromatic rings. The van der Waals surface area contributed by atoms with Gasteiger partial charge in [-0.1, -0.05) is 49.9 Å². The summed E-state index contributed by atoms with van der Waals surface area (Å²) in [6.45, 7) is 4.38. The van der Waals surface area contributed by atoms with Gasteiger partial charge in [-0.15, -0.1) is 0 Å². The zero-order chi connectivity index (χ0) is 13.8. The van der Waals surface area contributed by atoms with Gasteiger partial charge in [0.05, 0.1) is 27.5 Å². The van der Waals surface area contributed by atoms with Gasteiger partial charge in [-0.2, -0.15) is 8.75 Å². The maximum atomic E-state index is 6.30. The lowest BCUT2D eigenvalue weighted by Gasteiger charge is -2.20. The predicted octanol–water partition coefficient (Wildman–Crippen LogP) is 5.38. The molecule has 1 aromatic carbocycles. The highest BCUT2D eigenvalue weighted by molar-refractivity contribution is 7.00. The van der Waals surface area contributed by atoms with Crippen LogP contribution in [0.1, 0.15) is 39.5 Å². The maximum Gasteiger partial charge on any atom is 0.130 e. The van der Waals surface area contributed by atoms with Crippen molar-refractivity contribution in [3.63, 3.8) is 0 Å². The van der Waals surface area contributed by atoms with Gasteiger partial charge in [-0.25, -0.2) is 0 Å². The minimum absolute atomic E-state index is 0.415. The van der Waals surface area contributed by atoms with Crippen molar-refractivity contribution in [1.29, 1.82) is 0 Å². The molecule has 1 aromatic heterocycles. The van der Waals surface area contributed by atoms with Gasteiger partial charge >= 0.3 is 0 Å². The van der Waals surface area contributed by atoms with Crippen LogP contribution in [0.4, 0.5) is 5.69 Å². The Labute approximate surface area is 127 Å². The van der Waals surface area contributed by atoms with E-state index in [1.165, 1.54) is 0 Å². The summed E-state index contributed by atoms with van der Waals surface area (Å²) >= 11 is 13.6. The fourth-order valence-corrected chi connectivity index (χ4v) is 3.37. The smallest absolute Gasteiger partial charge is 0.130 e. The van der Waals surface area contributed by atoms with Crippen molar-refractivity contribution < 1.29 is 0 Å². The van der Waals surface area contributed by atoms with Crippen LogP contribution >= 0.6 is 34.9 Å². The third kappa shape index (κ3) is 3.30. The van der Waals surface area contributed by atoms with Gasteiger partial charge in [0.1, 0.15) is 11.0 Å². The SMILES string of the molecule is CCCC(CCC)Nc1c(Cl)cc(Cl)c2nsnc12. The van der Waals surface area contributed by atoms with Gasteiger partial charge in [-0.3, -0.25) is 0 Å². The van der Waals surface area contributed by atoms with Crippen LogP contribution in [0.5, 0.6) is 0 Å². The van der Waals surface area contributed by atoms with Gasteiger partial charge in [0, 0.05) is 6.04 Å².